The van der Waals surface area contributed by atoms with Gasteiger partial charge in [0.1, 0.15) is 11.6 Å². The van der Waals surface area contributed by atoms with Gasteiger partial charge in [-0.15, -0.1) is 0 Å². The number of carbonyl (C=O) groups excluding carboxylic acids is 4. The molecule has 0 radical (unpaired) electrons. The molecule has 0 saturated carbocycles. The number of hydrogen-bond donors (Lipinski definition) is 0. The number of nitrogens with zero attached hydrogens (tertiary/aromatic N) is 2. The van der Waals surface area contributed by atoms with E-state index in [0.717, 1.165) is 27.5 Å². The number of rotatable bonds is 4. The molecule has 7 rings (SSSR count). The van der Waals surface area contributed by atoms with E-state index in [2.05, 4.69) is 0 Å². The summed E-state index contributed by atoms with van der Waals surface area (Å²) in [4.78, 5) is 59.6. The minimum atomic E-state index is -1.65. The van der Waals surface area contributed by atoms with Gasteiger partial charge in [0.15, 0.2) is 0 Å². The molecule has 1 aliphatic carbocycles. The summed E-state index contributed by atoms with van der Waals surface area (Å²) in [6.07, 6.45) is 0.0204. The summed E-state index contributed by atoms with van der Waals surface area (Å²) in [5.74, 6) is -6.67. The Balaban J connectivity index is 1.49. The molecule has 0 spiro atoms. The van der Waals surface area contributed by atoms with Crippen molar-refractivity contribution in [3.05, 3.63) is 131 Å². The van der Waals surface area contributed by atoms with Crippen LogP contribution in [0.1, 0.15) is 28.5 Å². The van der Waals surface area contributed by atoms with Crippen molar-refractivity contribution in [2.24, 2.45) is 11.3 Å². The van der Waals surface area contributed by atoms with Crippen molar-refractivity contribution in [1.29, 1.82) is 0 Å². The van der Waals surface area contributed by atoms with Crippen molar-refractivity contribution in [3.8, 4) is 0 Å². The molecule has 4 aromatic rings. The molecule has 0 N–H and O–H groups in total. The van der Waals surface area contributed by atoms with Gasteiger partial charge in [-0.3, -0.25) is 19.2 Å². The van der Waals surface area contributed by atoms with Crippen molar-refractivity contribution in [3.63, 3.8) is 0 Å². The van der Waals surface area contributed by atoms with Crippen LogP contribution in [-0.4, -0.2) is 23.6 Å². The first-order valence-corrected chi connectivity index (χ1v) is 13.2. The maximum atomic E-state index is 14.7. The second-order valence-electron chi connectivity index (χ2n) is 10.7. The average molecular weight is 549 g/mol. The van der Waals surface area contributed by atoms with Gasteiger partial charge in [-0.1, -0.05) is 54.6 Å². The lowest BCUT2D eigenvalue weighted by atomic mass is 9.54. The summed E-state index contributed by atoms with van der Waals surface area (Å²) >= 11 is 0. The van der Waals surface area contributed by atoms with E-state index in [-0.39, 0.29) is 17.8 Å². The molecule has 4 aromatic carbocycles. The number of anilines is 2. The van der Waals surface area contributed by atoms with Gasteiger partial charge in [-0.05, 0) is 71.6 Å². The smallest absolute Gasteiger partial charge is 0.242 e. The largest absolute Gasteiger partial charge is 0.274 e. The number of benzene rings is 4. The maximum Gasteiger partial charge on any atom is 0.242 e. The fraction of sp³-hybridized carbons (Fsp3) is 0.152. The highest BCUT2D eigenvalue weighted by atomic mass is 19.1. The Bertz CT molecular complexity index is 1740. The molecule has 4 amide bonds. The fourth-order valence-electron chi connectivity index (χ4n) is 6.96. The van der Waals surface area contributed by atoms with Crippen LogP contribution in [0.25, 0.3) is 0 Å². The summed E-state index contributed by atoms with van der Waals surface area (Å²) < 4.78 is 27.6. The zero-order valence-electron chi connectivity index (χ0n) is 21.5. The highest BCUT2D eigenvalue weighted by Gasteiger charge is 2.73. The van der Waals surface area contributed by atoms with Crippen LogP contribution in [-0.2, 0) is 25.6 Å². The van der Waals surface area contributed by atoms with Crippen LogP contribution < -0.4 is 9.80 Å². The van der Waals surface area contributed by atoms with E-state index in [1.54, 1.807) is 36.4 Å². The molecule has 2 heterocycles. The topological polar surface area (TPSA) is 74.8 Å². The second kappa shape index (κ2) is 9.02. The van der Waals surface area contributed by atoms with Crippen LogP contribution in [0.5, 0.6) is 0 Å². The minimum Gasteiger partial charge on any atom is -0.274 e. The van der Waals surface area contributed by atoms with Gasteiger partial charge < -0.3 is 0 Å². The van der Waals surface area contributed by atoms with Crippen molar-refractivity contribution >= 4 is 35.0 Å². The van der Waals surface area contributed by atoms with Gasteiger partial charge >= 0.3 is 0 Å². The molecule has 0 aromatic heterocycles. The highest BCUT2D eigenvalue weighted by Crippen LogP contribution is 2.63. The molecule has 0 bridgehead atoms. The van der Waals surface area contributed by atoms with E-state index in [4.69, 9.17) is 0 Å². The Kier molecular flexibility index (Phi) is 5.51. The van der Waals surface area contributed by atoms with E-state index < -0.39 is 58.4 Å². The van der Waals surface area contributed by atoms with Gasteiger partial charge in [0, 0.05) is 0 Å². The molecule has 0 unspecified atom stereocenters. The van der Waals surface area contributed by atoms with E-state index >= 15 is 0 Å². The molecule has 8 heteroatoms. The fourth-order valence-corrected chi connectivity index (χ4v) is 6.96. The number of imide groups is 2. The van der Waals surface area contributed by atoms with Crippen molar-refractivity contribution in [1.82, 2.24) is 0 Å². The molecule has 4 atom stereocenters. The molecule has 2 saturated heterocycles. The van der Waals surface area contributed by atoms with Gasteiger partial charge in [-0.25, -0.2) is 18.6 Å². The van der Waals surface area contributed by atoms with Gasteiger partial charge in [-0.2, -0.15) is 0 Å². The summed E-state index contributed by atoms with van der Waals surface area (Å²) in [6, 6.07) is 26.1. The average Bonchev–Trinajstić information content (AvgIpc) is 3.37. The zero-order valence-corrected chi connectivity index (χ0v) is 21.5. The predicted molar refractivity (Wildman–Crippen MR) is 146 cm³/mol. The van der Waals surface area contributed by atoms with Gasteiger partial charge in [0.25, 0.3) is 0 Å². The SMILES string of the molecule is O=C1[C@@H]2c3ccccc3[C@@H]3C(=O)N(c4ccc(F)cc4)C(=O)[C@@H]3[C@]2(Cc2ccccc2)C(=O)N1c1ccc(F)cc1. The predicted octanol–water partition coefficient (Wildman–Crippen LogP) is 5.14. The van der Waals surface area contributed by atoms with Crippen LogP contribution in [0.4, 0.5) is 20.2 Å². The maximum absolute atomic E-state index is 14.7. The molecule has 6 nitrogen and oxygen atoms in total. The van der Waals surface area contributed by atoms with E-state index in [1.807, 2.05) is 18.2 Å². The summed E-state index contributed by atoms with van der Waals surface area (Å²) in [5.41, 5.74) is 0.466. The zero-order chi connectivity index (χ0) is 28.5. The Hall–Kier alpha value is -4.98. The van der Waals surface area contributed by atoms with E-state index in [1.165, 1.54) is 36.4 Å². The van der Waals surface area contributed by atoms with Crippen molar-refractivity contribution < 1.29 is 28.0 Å². The Morgan fingerprint density at radius 2 is 1.12 bits per heavy atom. The molecule has 202 valence electrons. The third kappa shape index (κ3) is 3.46. The first kappa shape index (κ1) is 25.0. The molecule has 2 fully saturated rings. The molecular weight excluding hydrogens is 526 g/mol. The van der Waals surface area contributed by atoms with Gasteiger partial charge in [0.2, 0.25) is 23.6 Å². The molecule has 41 heavy (non-hydrogen) atoms. The second-order valence-corrected chi connectivity index (χ2v) is 10.7. The van der Waals surface area contributed by atoms with Crippen LogP contribution in [0, 0.1) is 23.0 Å². The third-order valence-electron chi connectivity index (χ3n) is 8.60. The normalized spacial score (nSPS) is 24.9. The number of halogens is 2. The monoisotopic (exact) mass is 548 g/mol. The Morgan fingerprint density at radius 3 is 1.73 bits per heavy atom. The quantitative estimate of drug-likeness (QED) is 0.331. The summed E-state index contributed by atoms with van der Waals surface area (Å²) in [6.45, 7) is 0. The third-order valence-corrected chi connectivity index (χ3v) is 8.60. The number of fused-ring (bicyclic) bond motifs is 6. The lowest BCUT2D eigenvalue weighted by Crippen LogP contribution is -2.51. The van der Waals surface area contributed by atoms with Crippen LogP contribution in [0.2, 0.25) is 0 Å². The van der Waals surface area contributed by atoms with Crippen LogP contribution in [0.15, 0.2) is 103 Å². The van der Waals surface area contributed by atoms with E-state index in [0.29, 0.717) is 11.1 Å². The van der Waals surface area contributed by atoms with E-state index in [9.17, 15) is 28.0 Å². The standard InChI is InChI=1S/C33H22F2N2O4/c34-20-10-14-22(15-11-20)36-29(38)26-24-8-4-5-9-25(24)27-30(39)37(23-16-12-21(35)13-17-23)32(41)33(27,28(26)31(36)40)18-19-6-2-1-3-7-19/h1-17,26-28H,18H2/t26-,27-,28+,33+/m0/s1. The van der Waals surface area contributed by atoms with Crippen molar-refractivity contribution in [2.75, 3.05) is 9.80 Å². The summed E-state index contributed by atoms with van der Waals surface area (Å²) in [7, 11) is 0. The van der Waals surface area contributed by atoms with Crippen LogP contribution in [0.3, 0.4) is 0 Å². The number of carbonyl (C=O) groups is 4. The number of amides is 4. The first-order chi connectivity index (χ1) is 19.8. The Labute approximate surface area is 233 Å². The molecule has 2 aliphatic heterocycles. The lowest BCUT2D eigenvalue weighted by molar-refractivity contribution is -0.138. The van der Waals surface area contributed by atoms with Gasteiger partial charge in [0.05, 0.1) is 34.5 Å². The molecule has 3 aliphatic rings. The lowest BCUT2D eigenvalue weighted by Gasteiger charge is -2.43. The Morgan fingerprint density at radius 1 is 0.585 bits per heavy atom. The first-order valence-electron chi connectivity index (χ1n) is 13.2. The van der Waals surface area contributed by atoms with Crippen LogP contribution >= 0.6 is 0 Å². The summed E-state index contributed by atoms with van der Waals surface area (Å²) in [5, 5.41) is 0. The van der Waals surface area contributed by atoms with Crippen molar-refractivity contribution in [2.45, 2.75) is 18.3 Å². The molecular formula is C33H22F2N2O4. The highest BCUT2D eigenvalue weighted by molar-refractivity contribution is 6.31. The minimum absolute atomic E-state index is 0.0204. The number of hydrogen-bond acceptors (Lipinski definition) is 4.